The Kier molecular flexibility index (Phi) is 6.24. The summed E-state index contributed by atoms with van der Waals surface area (Å²) in [6.45, 7) is 4.87. The van der Waals surface area contributed by atoms with Crippen molar-refractivity contribution in [3.63, 3.8) is 0 Å². The molecule has 1 aromatic heterocycles. The summed E-state index contributed by atoms with van der Waals surface area (Å²) in [6, 6.07) is 3.48. The monoisotopic (exact) mass is 282 g/mol. The second-order valence-electron chi connectivity index (χ2n) is 4.98. The largest absolute Gasteiger partial charge is 0.481 e. The second-order valence-corrected chi connectivity index (χ2v) is 4.98. The molecule has 0 aliphatic rings. The quantitative estimate of drug-likeness (QED) is 0.751. The molecule has 6 heteroatoms. The summed E-state index contributed by atoms with van der Waals surface area (Å²) < 4.78 is 6.76. The van der Waals surface area contributed by atoms with Gasteiger partial charge in [0.05, 0.1) is 12.5 Å². The predicted octanol–water partition coefficient (Wildman–Crippen LogP) is 1.22. The average molecular weight is 282 g/mol. The van der Waals surface area contributed by atoms with Crippen molar-refractivity contribution in [1.82, 2.24) is 9.88 Å². The minimum Gasteiger partial charge on any atom is -0.481 e. The number of nitrogens with one attached hydrogen (secondary N) is 1. The van der Waals surface area contributed by atoms with Crippen molar-refractivity contribution >= 4 is 11.9 Å². The van der Waals surface area contributed by atoms with Gasteiger partial charge in [-0.25, -0.2) is 0 Å². The number of aromatic nitrogens is 1. The molecule has 2 N–H and O–H groups in total. The zero-order valence-electron chi connectivity index (χ0n) is 12.1. The summed E-state index contributed by atoms with van der Waals surface area (Å²) >= 11 is 0. The highest BCUT2D eigenvalue weighted by Gasteiger charge is 2.22. The van der Waals surface area contributed by atoms with E-state index in [1.165, 1.54) is 0 Å². The maximum absolute atomic E-state index is 12.1. The predicted molar refractivity (Wildman–Crippen MR) is 74.6 cm³/mol. The van der Waals surface area contributed by atoms with Crippen molar-refractivity contribution in [2.75, 3.05) is 20.3 Å². The summed E-state index contributed by atoms with van der Waals surface area (Å²) in [5, 5.41) is 11.8. The van der Waals surface area contributed by atoms with Crippen molar-refractivity contribution in [2.45, 2.75) is 20.4 Å². The number of carbonyl (C=O) groups excluding carboxylic acids is 1. The molecule has 1 rings (SSSR count). The second kappa shape index (κ2) is 7.69. The van der Waals surface area contributed by atoms with Crippen LogP contribution >= 0.6 is 0 Å². The highest BCUT2D eigenvalue weighted by Crippen LogP contribution is 2.10. The molecule has 6 nitrogen and oxygen atoms in total. The summed E-state index contributed by atoms with van der Waals surface area (Å²) in [4.78, 5) is 23.1. The lowest BCUT2D eigenvalue weighted by Gasteiger charge is -2.17. The van der Waals surface area contributed by atoms with Crippen LogP contribution in [0.3, 0.4) is 0 Å². The highest BCUT2D eigenvalue weighted by molar-refractivity contribution is 5.93. The molecule has 0 bridgehead atoms. The standard InChI is InChI=1S/C14H22N2O4/c1-10(2)11(14(18)19)9-15-13(17)12-5-4-6-16(12)7-8-20-3/h4-6,10-11H,7-9H2,1-3H3,(H,15,17)(H,18,19). The first-order chi connectivity index (χ1) is 9.47. The van der Waals surface area contributed by atoms with Gasteiger partial charge in [0.25, 0.3) is 5.91 Å². The zero-order chi connectivity index (χ0) is 15.1. The van der Waals surface area contributed by atoms with Crippen molar-refractivity contribution in [3.05, 3.63) is 24.0 Å². The zero-order valence-corrected chi connectivity index (χ0v) is 12.1. The molecular formula is C14H22N2O4. The molecule has 0 aliphatic carbocycles. The molecule has 0 aromatic carbocycles. The number of ether oxygens (including phenoxy) is 1. The smallest absolute Gasteiger partial charge is 0.308 e. The van der Waals surface area contributed by atoms with Crippen LogP contribution in [0, 0.1) is 11.8 Å². The summed E-state index contributed by atoms with van der Waals surface area (Å²) in [5.41, 5.74) is 0.509. The SMILES string of the molecule is COCCn1cccc1C(=O)NCC(C(=O)O)C(C)C. The molecule has 0 radical (unpaired) electrons. The van der Waals surface area contributed by atoms with Crippen LogP contribution in [0.25, 0.3) is 0 Å². The lowest BCUT2D eigenvalue weighted by atomic mass is 9.96. The Morgan fingerprint density at radius 1 is 1.45 bits per heavy atom. The average Bonchev–Trinajstić information content (AvgIpc) is 2.83. The fourth-order valence-corrected chi connectivity index (χ4v) is 1.91. The summed E-state index contributed by atoms with van der Waals surface area (Å²) in [7, 11) is 1.60. The minimum atomic E-state index is -0.893. The normalized spacial score (nSPS) is 12.4. The third-order valence-electron chi connectivity index (χ3n) is 3.20. The lowest BCUT2D eigenvalue weighted by Crippen LogP contribution is -2.36. The third kappa shape index (κ3) is 4.38. The van der Waals surface area contributed by atoms with E-state index in [-0.39, 0.29) is 18.4 Å². The van der Waals surface area contributed by atoms with Gasteiger partial charge in [-0.1, -0.05) is 13.8 Å². The van der Waals surface area contributed by atoms with Gasteiger partial charge < -0.3 is 19.7 Å². The van der Waals surface area contributed by atoms with Gasteiger partial charge in [0.15, 0.2) is 0 Å². The number of aliphatic carboxylic acids is 1. The summed E-state index contributed by atoms with van der Waals surface area (Å²) in [5.74, 6) is -1.78. The number of amides is 1. The number of rotatable bonds is 8. The van der Waals surface area contributed by atoms with E-state index >= 15 is 0 Å². The maximum atomic E-state index is 12.1. The van der Waals surface area contributed by atoms with Gasteiger partial charge in [-0.2, -0.15) is 0 Å². The topological polar surface area (TPSA) is 80.6 Å². The summed E-state index contributed by atoms with van der Waals surface area (Å²) in [6.07, 6.45) is 1.80. The van der Waals surface area contributed by atoms with E-state index in [0.717, 1.165) is 0 Å². The Balaban J connectivity index is 2.62. The molecule has 1 aromatic rings. The third-order valence-corrected chi connectivity index (χ3v) is 3.20. The Bertz CT molecular complexity index is 454. The van der Waals surface area contributed by atoms with Gasteiger partial charge in [-0.15, -0.1) is 0 Å². The maximum Gasteiger partial charge on any atom is 0.308 e. The van der Waals surface area contributed by atoms with Crippen molar-refractivity contribution in [1.29, 1.82) is 0 Å². The van der Waals surface area contributed by atoms with Gasteiger partial charge in [-0.05, 0) is 18.1 Å². The van der Waals surface area contributed by atoms with E-state index in [2.05, 4.69) is 5.32 Å². The Morgan fingerprint density at radius 2 is 2.15 bits per heavy atom. The lowest BCUT2D eigenvalue weighted by molar-refractivity contribution is -0.142. The molecule has 0 aliphatic heterocycles. The molecule has 0 fully saturated rings. The van der Waals surface area contributed by atoms with Crippen molar-refractivity contribution in [2.24, 2.45) is 11.8 Å². The number of carboxylic acids is 1. The number of nitrogens with zero attached hydrogens (tertiary/aromatic N) is 1. The van der Waals surface area contributed by atoms with Crippen molar-refractivity contribution in [3.8, 4) is 0 Å². The van der Waals surface area contributed by atoms with Crippen LogP contribution in [0.4, 0.5) is 0 Å². The van der Waals surface area contributed by atoms with Crippen molar-refractivity contribution < 1.29 is 19.4 Å². The highest BCUT2D eigenvalue weighted by atomic mass is 16.5. The van der Waals surface area contributed by atoms with E-state index in [0.29, 0.717) is 18.8 Å². The van der Waals surface area contributed by atoms with Crippen LogP contribution < -0.4 is 5.32 Å². The number of methoxy groups -OCH3 is 1. The van der Waals surface area contributed by atoms with E-state index < -0.39 is 11.9 Å². The van der Waals surface area contributed by atoms with E-state index in [4.69, 9.17) is 9.84 Å². The first-order valence-corrected chi connectivity index (χ1v) is 6.62. The van der Waals surface area contributed by atoms with Gasteiger partial charge >= 0.3 is 5.97 Å². The first kappa shape index (κ1) is 16.2. The minimum absolute atomic E-state index is 0.0342. The van der Waals surface area contributed by atoms with Gasteiger partial charge in [0.1, 0.15) is 5.69 Å². The molecule has 1 amide bonds. The Labute approximate surface area is 118 Å². The van der Waals surface area contributed by atoms with Crippen LogP contribution in [-0.2, 0) is 16.1 Å². The van der Waals surface area contributed by atoms with Gasteiger partial charge in [0.2, 0.25) is 0 Å². The van der Waals surface area contributed by atoms with Crippen LogP contribution in [0.1, 0.15) is 24.3 Å². The molecule has 112 valence electrons. The Hall–Kier alpha value is -1.82. The molecule has 1 heterocycles. The van der Waals surface area contributed by atoms with Gasteiger partial charge in [0, 0.05) is 26.4 Å². The fourth-order valence-electron chi connectivity index (χ4n) is 1.91. The van der Waals surface area contributed by atoms with E-state index in [1.54, 1.807) is 30.0 Å². The Morgan fingerprint density at radius 3 is 2.70 bits per heavy atom. The van der Waals surface area contributed by atoms with Crippen LogP contribution in [0.15, 0.2) is 18.3 Å². The van der Waals surface area contributed by atoms with Crippen LogP contribution in [0.5, 0.6) is 0 Å². The molecule has 20 heavy (non-hydrogen) atoms. The number of hydrogen-bond acceptors (Lipinski definition) is 3. The molecule has 1 atom stereocenters. The van der Waals surface area contributed by atoms with E-state index in [9.17, 15) is 9.59 Å². The fraction of sp³-hybridized carbons (Fsp3) is 0.571. The van der Waals surface area contributed by atoms with Crippen LogP contribution in [-0.4, -0.2) is 41.8 Å². The number of hydrogen-bond donors (Lipinski definition) is 2. The van der Waals surface area contributed by atoms with Crippen LogP contribution in [0.2, 0.25) is 0 Å². The molecule has 1 unspecified atom stereocenters. The van der Waals surface area contributed by atoms with Gasteiger partial charge in [-0.3, -0.25) is 9.59 Å². The molecule has 0 saturated carbocycles. The number of carbonyl (C=O) groups is 2. The first-order valence-electron chi connectivity index (χ1n) is 6.62. The van der Waals surface area contributed by atoms with E-state index in [1.807, 2.05) is 13.8 Å². The molecule has 0 saturated heterocycles. The molecule has 0 spiro atoms. The number of carboxylic acid groups (broad SMARTS) is 1. The molecular weight excluding hydrogens is 260 g/mol.